The number of aromatic nitrogens is 2. The summed E-state index contributed by atoms with van der Waals surface area (Å²) in [5.41, 5.74) is 7.70. The fraction of sp³-hybridized carbons (Fsp3) is 0.167. The molecule has 1 aromatic carbocycles. The van der Waals surface area contributed by atoms with E-state index >= 15 is 0 Å². The molecule has 17 heavy (non-hydrogen) atoms. The van der Waals surface area contributed by atoms with Gasteiger partial charge in [0.2, 0.25) is 0 Å². The van der Waals surface area contributed by atoms with Crippen molar-refractivity contribution in [1.82, 2.24) is 9.78 Å². The summed E-state index contributed by atoms with van der Waals surface area (Å²) in [7, 11) is 0. The zero-order valence-corrected chi connectivity index (χ0v) is 9.42. The molecule has 1 heterocycles. The van der Waals surface area contributed by atoms with Gasteiger partial charge in [-0.05, 0) is 24.6 Å². The minimum atomic E-state index is -0.927. The Balaban J connectivity index is 2.27. The maximum atomic E-state index is 10.8. The van der Waals surface area contributed by atoms with Crippen LogP contribution in [0, 0.1) is 6.92 Å². The number of nitrogens with two attached hydrogens (primary N) is 1. The number of hydrogen-bond acceptors (Lipinski definition) is 3. The van der Waals surface area contributed by atoms with Crippen molar-refractivity contribution in [2.75, 3.05) is 5.73 Å². The van der Waals surface area contributed by atoms with Crippen LogP contribution in [-0.4, -0.2) is 20.9 Å². The zero-order valence-electron chi connectivity index (χ0n) is 9.42. The molecule has 0 radical (unpaired) electrons. The highest BCUT2D eigenvalue weighted by molar-refractivity contribution is 5.87. The fourth-order valence-corrected chi connectivity index (χ4v) is 1.67. The second-order valence-electron chi connectivity index (χ2n) is 3.87. The molecule has 3 N–H and O–H groups in total. The van der Waals surface area contributed by atoms with E-state index in [0.29, 0.717) is 12.4 Å². The highest BCUT2D eigenvalue weighted by atomic mass is 16.4. The summed E-state index contributed by atoms with van der Waals surface area (Å²) < 4.78 is 1.75. The predicted octanol–water partition coefficient (Wildman–Crippen LogP) is 1.52. The normalized spacial score (nSPS) is 10.4. The molecule has 0 saturated heterocycles. The van der Waals surface area contributed by atoms with E-state index in [0.717, 1.165) is 11.3 Å². The smallest absolute Gasteiger partial charge is 0.335 e. The van der Waals surface area contributed by atoms with Gasteiger partial charge in [0.1, 0.15) is 5.82 Å². The number of benzene rings is 1. The van der Waals surface area contributed by atoms with E-state index in [1.165, 1.54) is 0 Å². The van der Waals surface area contributed by atoms with Crippen molar-refractivity contribution < 1.29 is 9.90 Å². The Morgan fingerprint density at radius 2 is 2.24 bits per heavy atom. The average Bonchev–Trinajstić information content (AvgIpc) is 2.58. The Morgan fingerprint density at radius 1 is 1.47 bits per heavy atom. The first kappa shape index (κ1) is 11.2. The molecule has 5 heteroatoms. The quantitative estimate of drug-likeness (QED) is 0.839. The van der Waals surface area contributed by atoms with Gasteiger partial charge in [0.15, 0.2) is 0 Å². The molecule has 5 nitrogen and oxygen atoms in total. The third kappa shape index (κ3) is 2.44. The molecule has 0 atom stereocenters. The Bertz CT molecular complexity index is 561. The first-order valence-electron chi connectivity index (χ1n) is 5.18. The molecule has 0 spiro atoms. The third-order valence-corrected chi connectivity index (χ3v) is 2.51. The summed E-state index contributed by atoms with van der Waals surface area (Å²) in [5.74, 6) is -0.458. The van der Waals surface area contributed by atoms with Gasteiger partial charge < -0.3 is 10.8 Å². The lowest BCUT2D eigenvalue weighted by atomic mass is 10.1. The number of nitrogen functional groups attached to an aromatic ring is 1. The molecule has 0 unspecified atom stereocenters. The first-order valence-corrected chi connectivity index (χ1v) is 5.18. The lowest BCUT2D eigenvalue weighted by Gasteiger charge is -2.05. The molecule has 2 rings (SSSR count). The number of nitrogens with zero attached hydrogens (tertiary/aromatic N) is 2. The van der Waals surface area contributed by atoms with Crippen molar-refractivity contribution in [3.05, 3.63) is 47.2 Å². The number of hydrogen-bond donors (Lipinski definition) is 2. The van der Waals surface area contributed by atoms with Crippen molar-refractivity contribution in [1.29, 1.82) is 0 Å². The Hall–Kier alpha value is -2.30. The lowest BCUT2D eigenvalue weighted by molar-refractivity contribution is 0.0696. The molecule has 0 bridgehead atoms. The van der Waals surface area contributed by atoms with Gasteiger partial charge >= 0.3 is 5.97 Å². The van der Waals surface area contributed by atoms with Crippen molar-refractivity contribution in [3.8, 4) is 0 Å². The van der Waals surface area contributed by atoms with Gasteiger partial charge in [0.05, 0.1) is 12.1 Å². The molecule has 0 saturated carbocycles. The number of rotatable bonds is 3. The van der Waals surface area contributed by atoms with E-state index in [1.807, 2.05) is 13.0 Å². The standard InChI is InChI=1S/C12H13N3O2/c1-8-5-11(13)14-15(8)7-9-3-2-4-10(6-9)12(16)17/h2-6H,7H2,1H3,(H2,13,14)(H,16,17). The fourth-order valence-electron chi connectivity index (χ4n) is 1.67. The van der Waals surface area contributed by atoms with E-state index in [4.69, 9.17) is 10.8 Å². The Labute approximate surface area is 98.5 Å². The second-order valence-corrected chi connectivity index (χ2v) is 3.87. The van der Waals surface area contributed by atoms with E-state index < -0.39 is 5.97 Å². The van der Waals surface area contributed by atoms with Crippen LogP contribution < -0.4 is 5.73 Å². The van der Waals surface area contributed by atoms with Crippen LogP contribution in [0.3, 0.4) is 0 Å². The maximum absolute atomic E-state index is 10.8. The van der Waals surface area contributed by atoms with Crippen LogP contribution in [0.2, 0.25) is 0 Å². The highest BCUT2D eigenvalue weighted by Crippen LogP contribution is 2.10. The monoisotopic (exact) mass is 231 g/mol. The minimum Gasteiger partial charge on any atom is -0.478 e. The van der Waals surface area contributed by atoms with Crippen LogP contribution in [0.5, 0.6) is 0 Å². The van der Waals surface area contributed by atoms with Gasteiger partial charge in [-0.1, -0.05) is 12.1 Å². The molecule has 1 aromatic heterocycles. The summed E-state index contributed by atoms with van der Waals surface area (Å²) in [6, 6.07) is 8.57. The molecule has 0 aliphatic rings. The van der Waals surface area contributed by atoms with Gasteiger partial charge in [-0.3, -0.25) is 4.68 Å². The van der Waals surface area contributed by atoms with Gasteiger partial charge in [-0.25, -0.2) is 4.79 Å². The molecule has 0 fully saturated rings. The Morgan fingerprint density at radius 3 is 2.82 bits per heavy atom. The van der Waals surface area contributed by atoms with Gasteiger partial charge in [-0.2, -0.15) is 5.10 Å². The van der Waals surface area contributed by atoms with Gasteiger partial charge in [0, 0.05) is 11.8 Å². The van der Waals surface area contributed by atoms with E-state index in [9.17, 15) is 4.79 Å². The SMILES string of the molecule is Cc1cc(N)nn1Cc1cccc(C(=O)O)c1. The van der Waals surface area contributed by atoms with Crippen LogP contribution >= 0.6 is 0 Å². The zero-order chi connectivity index (χ0) is 12.4. The first-order chi connectivity index (χ1) is 8.06. The average molecular weight is 231 g/mol. The maximum Gasteiger partial charge on any atom is 0.335 e. The molecule has 0 aliphatic carbocycles. The molecular formula is C12H13N3O2. The van der Waals surface area contributed by atoms with Crippen molar-refractivity contribution in [2.45, 2.75) is 13.5 Å². The van der Waals surface area contributed by atoms with Crippen LogP contribution in [0.1, 0.15) is 21.6 Å². The molecule has 0 aliphatic heterocycles. The van der Waals surface area contributed by atoms with Crippen LogP contribution in [0.15, 0.2) is 30.3 Å². The number of anilines is 1. The van der Waals surface area contributed by atoms with Crippen LogP contribution in [0.25, 0.3) is 0 Å². The number of aromatic carboxylic acids is 1. The summed E-state index contributed by atoms with van der Waals surface area (Å²) in [5, 5.41) is 13.0. The summed E-state index contributed by atoms with van der Waals surface area (Å²) >= 11 is 0. The minimum absolute atomic E-state index is 0.278. The van der Waals surface area contributed by atoms with Crippen LogP contribution in [-0.2, 0) is 6.54 Å². The topological polar surface area (TPSA) is 81.1 Å². The lowest BCUT2D eigenvalue weighted by Crippen LogP contribution is -2.05. The van der Waals surface area contributed by atoms with Crippen molar-refractivity contribution in [3.63, 3.8) is 0 Å². The van der Waals surface area contributed by atoms with E-state index in [-0.39, 0.29) is 5.56 Å². The van der Waals surface area contributed by atoms with E-state index in [1.54, 1.807) is 28.9 Å². The summed E-state index contributed by atoms with van der Waals surface area (Å²) in [6.45, 7) is 2.43. The molecular weight excluding hydrogens is 218 g/mol. The van der Waals surface area contributed by atoms with Crippen molar-refractivity contribution >= 4 is 11.8 Å². The summed E-state index contributed by atoms with van der Waals surface area (Å²) in [4.78, 5) is 10.8. The predicted molar refractivity (Wildman–Crippen MR) is 63.9 cm³/mol. The van der Waals surface area contributed by atoms with Crippen molar-refractivity contribution in [2.24, 2.45) is 0 Å². The van der Waals surface area contributed by atoms with Gasteiger partial charge in [-0.15, -0.1) is 0 Å². The second kappa shape index (κ2) is 4.29. The Kier molecular flexibility index (Phi) is 2.82. The van der Waals surface area contributed by atoms with E-state index in [2.05, 4.69) is 5.10 Å². The molecule has 0 amide bonds. The number of aryl methyl sites for hydroxylation is 1. The number of carbonyl (C=O) groups is 1. The molecule has 88 valence electrons. The molecule has 2 aromatic rings. The summed E-state index contributed by atoms with van der Waals surface area (Å²) in [6.07, 6.45) is 0. The number of carboxylic acids is 1. The van der Waals surface area contributed by atoms with Gasteiger partial charge in [0.25, 0.3) is 0 Å². The highest BCUT2D eigenvalue weighted by Gasteiger charge is 2.06. The third-order valence-electron chi connectivity index (χ3n) is 2.51. The number of carboxylic acid groups (broad SMARTS) is 1. The van der Waals surface area contributed by atoms with Crippen LogP contribution in [0.4, 0.5) is 5.82 Å². The largest absolute Gasteiger partial charge is 0.478 e.